The number of nitrogens with zero attached hydrogens (tertiary/aromatic N) is 1. The second-order valence-electron chi connectivity index (χ2n) is 5.58. The van der Waals surface area contributed by atoms with Gasteiger partial charge in [0.05, 0.1) is 0 Å². The standard InChI is InChI=1S/C13H26N2/c14-9-8-13(6-7-13)12-15-10-4-2-1-3-5-11-15/h1-12,14H2. The van der Waals surface area contributed by atoms with E-state index in [1.807, 2.05) is 0 Å². The zero-order valence-electron chi connectivity index (χ0n) is 10.0. The van der Waals surface area contributed by atoms with E-state index in [-0.39, 0.29) is 0 Å². The normalized spacial score (nSPS) is 27.0. The quantitative estimate of drug-likeness (QED) is 0.772. The van der Waals surface area contributed by atoms with Crippen LogP contribution in [0, 0.1) is 5.41 Å². The van der Waals surface area contributed by atoms with Gasteiger partial charge in [0.25, 0.3) is 0 Å². The van der Waals surface area contributed by atoms with Crippen LogP contribution in [0.3, 0.4) is 0 Å². The summed E-state index contributed by atoms with van der Waals surface area (Å²) in [5.41, 5.74) is 6.34. The van der Waals surface area contributed by atoms with Gasteiger partial charge in [0.15, 0.2) is 0 Å². The van der Waals surface area contributed by atoms with Crippen LogP contribution in [0.25, 0.3) is 0 Å². The highest BCUT2D eigenvalue weighted by atomic mass is 15.1. The summed E-state index contributed by atoms with van der Waals surface area (Å²) in [5.74, 6) is 0. The van der Waals surface area contributed by atoms with Crippen LogP contribution in [0.2, 0.25) is 0 Å². The number of rotatable bonds is 4. The third-order valence-electron chi connectivity index (χ3n) is 4.14. The van der Waals surface area contributed by atoms with Gasteiger partial charge in [-0.2, -0.15) is 0 Å². The van der Waals surface area contributed by atoms with Crippen LogP contribution >= 0.6 is 0 Å². The summed E-state index contributed by atoms with van der Waals surface area (Å²) in [7, 11) is 0. The van der Waals surface area contributed by atoms with Crippen LogP contribution < -0.4 is 5.73 Å². The molecule has 2 nitrogen and oxygen atoms in total. The van der Waals surface area contributed by atoms with Crippen LogP contribution in [0.5, 0.6) is 0 Å². The Morgan fingerprint density at radius 3 is 2.07 bits per heavy atom. The highest BCUT2D eigenvalue weighted by molar-refractivity contribution is 4.95. The van der Waals surface area contributed by atoms with Crippen LogP contribution in [0.4, 0.5) is 0 Å². The monoisotopic (exact) mass is 210 g/mol. The van der Waals surface area contributed by atoms with Gasteiger partial charge in [-0.15, -0.1) is 0 Å². The first-order valence-corrected chi connectivity index (χ1v) is 6.77. The molecule has 0 aromatic heterocycles. The van der Waals surface area contributed by atoms with Crippen molar-refractivity contribution >= 4 is 0 Å². The molecule has 1 heterocycles. The summed E-state index contributed by atoms with van der Waals surface area (Å²) in [6.45, 7) is 4.90. The van der Waals surface area contributed by atoms with Crippen LogP contribution in [0.1, 0.15) is 51.4 Å². The average molecular weight is 210 g/mol. The van der Waals surface area contributed by atoms with Gasteiger partial charge >= 0.3 is 0 Å². The van der Waals surface area contributed by atoms with E-state index in [1.54, 1.807) is 0 Å². The van der Waals surface area contributed by atoms with Crippen molar-refractivity contribution in [1.29, 1.82) is 0 Å². The molecule has 0 aromatic carbocycles. The van der Waals surface area contributed by atoms with Gasteiger partial charge in [0.2, 0.25) is 0 Å². The maximum absolute atomic E-state index is 5.70. The van der Waals surface area contributed by atoms with E-state index in [2.05, 4.69) is 4.90 Å². The molecular formula is C13H26N2. The lowest BCUT2D eigenvalue weighted by atomic mass is 10.0. The Bertz CT molecular complexity index is 179. The SMILES string of the molecule is NCCC1(CN2CCCCCCC2)CC1. The minimum atomic E-state index is 0.647. The molecule has 0 radical (unpaired) electrons. The van der Waals surface area contributed by atoms with Crippen LogP contribution in [-0.2, 0) is 0 Å². The second-order valence-corrected chi connectivity index (χ2v) is 5.58. The predicted molar refractivity (Wildman–Crippen MR) is 64.9 cm³/mol. The number of likely N-dealkylation sites (tertiary alicyclic amines) is 1. The zero-order valence-corrected chi connectivity index (χ0v) is 10.0. The smallest absolute Gasteiger partial charge is 0.00385 e. The molecule has 0 aromatic rings. The van der Waals surface area contributed by atoms with E-state index < -0.39 is 0 Å². The van der Waals surface area contributed by atoms with E-state index in [9.17, 15) is 0 Å². The molecule has 2 aliphatic rings. The molecule has 15 heavy (non-hydrogen) atoms. The van der Waals surface area contributed by atoms with Crippen molar-refractivity contribution in [1.82, 2.24) is 4.90 Å². The molecule has 2 heteroatoms. The Hall–Kier alpha value is -0.0800. The fourth-order valence-electron chi connectivity index (χ4n) is 2.92. The Kier molecular flexibility index (Phi) is 4.04. The number of hydrogen-bond acceptors (Lipinski definition) is 2. The Labute approximate surface area is 94.2 Å². The summed E-state index contributed by atoms with van der Waals surface area (Å²) >= 11 is 0. The molecule has 2 rings (SSSR count). The van der Waals surface area contributed by atoms with Crippen molar-refractivity contribution in [2.45, 2.75) is 51.4 Å². The molecule has 2 fully saturated rings. The van der Waals surface area contributed by atoms with E-state index in [0.29, 0.717) is 5.41 Å². The topological polar surface area (TPSA) is 29.3 Å². The van der Waals surface area contributed by atoms with Gasteiger partial charge in [-0.1, -0.05) is 19.3 Å². The lowest BCUT2D eigenvalue weighted by Gasteiger charge is -2.28. The van der Waals surface area contributed by atoms with E-state index in [0.717, 1.165) is 6.54 Å². The fraction of sp³-hybridized carbons (Fsp3) is 1.00. The number of nitrogens with two attached hydrogens (primary N) is 1. The lowest BCUT2D eigenvalue weighted by Crippen LogP contribution is -2.34. The third kappa shape index (κ3) is 3.46. The molecule has 0 amide bonds. The summed E-state index contributed by atoms with van der Waals surface area (Å²) in [4.78, 5) is 2.71. The first-order chi connectivity index (χ1) is 7.35. The minimum absolute atomic E-state index is 0.647. The molecule has 0 atom stereocenters. The zero-order chi connectivity index (χ0) is 10.6. The molecule has 1 saturated heterocycles. The Balaban J connectivity index is 1.76. The molecule has 0 spiro atoms. The summed E-state index contributed by atoms with van der Waals surface area (Å²) in [6, 6.07) is 0. The Morgan fingerprint density at radius 2 is 1.53 bits per heavy atom. The molecular weight excluding hydrogens is 184 g/mol. The molecule has 88 valence electrons. The van der Waals surface area contributed by atoms with E-state index in [1.165, 1.54) is 71.0 Å². The van der Waals surface area contributed by atoms with Gasteiger partial charge in [0.1, 0.15) is 0 Å². The average Bonchev–Trinajstić information content (AvgIpc) is 2.91. The molecule has 1 aliphatic heterocycles. The molecule has 0 unspecified atom stereocenters. The largest absolute Gasteiger partial charge is 0.330 e. The maximum atomic E-state index is 5.70. The number of hydrogen-bond donors (Lipinski definition) is 1. The van der Waals surface area contributed by atoms with Gasteiger partial charge in [-0.05, 0) is 57.2 Å². The maximum Gasteiger partial charge on any atom is 0.00385 e. The predicted octanol–water partition coefficient (Wildman–Crippen LogP) is 2.38. The van der Waals surface area contributed by atoms with Gasteiger partial charge < -0.3 is 10.6 Å². The van der Waals surface area contributed by atoms with Crippen molar-refractivity contribution in [2.24, 2.45) is 11.1 Å². The summed E-state index contributed by atoms with van der Waals surface area (Å²) in [6.07, 6.45) is 11.3. The fourth-order valence-corrected chi connectivity index (χ4v) is 2.92. The molecule has 2 N–H and O–H groups in total. The third-order valence-corrected chi connectivity index (χ3v) is 4.14. The second kappa shape index (κ2) is 5.31. The van der Waals surface area contributed by atoms with Crippen LogP contribution in [0.15, 0.2) is 0 Å². The van der Waals surface area contributed by atoms with Gasteiger partial charge in [-0.3, -0.25) is 0 Å². The minimum Gasteiger partial charge on any atom is -0.330 e. The summed E-state index contributed by atoms with van der Waals surface area (Å²) in [5, 5.41) is 0. The van der Waals surface area contributed by atoms with Crippen molar-refractivity contribution in [3.05, 3.63) is 0 Å². The summed E-state index contributed by atoms with van der Waals surface area (Å²) < 4.78 is 0. The molecule has 1 aliphatic carbocycles. The molecule has 1 saturated carbocycles. The van der Waals surface area contributed by atoms with Gasteiger partial charge in [-0.25, -0.2) is 0 Å². The Morgan fingerprint density at radius 1 is 0.933 bits per heavy atom. The van der Waals surface area contributed by atoms with Crippen LogP contribution in [-0.4, -0.2) is 31.1 Å². The van der Waals surface area contributed by atoms with E-state index in [4.69, 9.17) is 5.73 Å². The first kappa shape index (κ1) is 11.4. The van der Waals surface area contributed by atoms with Gasteiger partial charge in [0, 0.05) is 6.54 Å². The highest BCUT2D eigenvalue weighted by Crippen LogP contribution is 2.49. The van der Waals surface area contributed by atoms with Crippen molar-refractivity contribution in [3.63, 3.8) is 0 Å². The first-order valence-electron chi connectivity index (χ1n) is 6.77. The van der Waals surface area contributed by atoms with Crippen molar-refractivity contribution in [3.8, 4) is 0 Å². The van der Waals surface area contributed by atoms with E-state index >= 15 is 0 Å². The molecule has 0 bridgehead atoms. The van der Waals surface area contributed by atoms with Crippen molar-refractivity contribution < 1.29 is 0 Å². The highest BCUT2D eigenvalue weighted by Gasteiger charge is 2.42. The van der Waals surface area contributed by atoms with Crippen molar-refractivity contribution in [2.75, 3.05) is 26.2 Å². The lowest BCUT2D eigenvalue weighted by molar-refractivity contribution is 0.197.